The molecule has 0 fully saturated rings. The molecule has 0 spiro atoms. The second-order valence-corrected chi connectivity index (χ2v) is 5.24. The van der Waals surface area contributed by atoms with Crippen LogP contribution < -0.4 is 0 Å². The fourth-order valence-electron chi connectivity index (χ4n) is 1.07. The maximum Gasteiger partial charge on any atom is 0.138 e. The van der Waals surface area contributed by atoms with Crippen LogP contribution in [-0.2, 0) is 11.6 Å². The van der Waals surface area contributed by atoms with Gasteiger partial charge in [0.05, 0.1) is 17.3 Å². The molecule has 1 heterocycles. The number of hydrogen-bond acceptors (Lipinski definition) is 3. The highest BCUT2D eigenvalue weighted by atomic mass is 35.5. The number of nitrogens with zero attached hydrogens (tertiary/aromatic N) is 2. The SMILES string of the molecule is Cc1cc(CCl)nc(CSC(C)C)n1. The predicted molar refractivity (Wildman–Crippen MR) is 62.8 cm³/mol. The Morgan fingerprint density at radius 1 is 1.43 bits per heavy atom. The summed E-state index contributed by atoms with van der Waals surface area (Å²) in [6.07, 6.45) is 0. The maximum atomic E-state index is 5.74. The first kappa shape index (κ1) is 11.8. The van der Waals surface area contributed by atoms with E-state index in [1.165, 1.54) is 0 Å². The van der Waals surface area contributed by atoms with Crippen molar-refractivity contribution in [2.45, 2.75) is 37.7 Å². The molecule has 0 N–H and O–H groups in total. The van der Waals surface area contributed by atoms with Crippen molar-refractivity contribution >= 4 is 23.4 Å². The van der Waals surface area contributed by atoms with Crippen molar-refractivity contribution < 1.29 is 0 Å². The smallest absolute Gasteiger partial charge is 0.138 e. The van der Waals surface area contributed by atoms with Gasteiger partial charge in [-0.05, 0) is 18.2 Å². The van der Waals surface area contributed by atoms with Crippen molar-refractivity contribution in [3.05, 3.63) is 23.3 Å². The molecular formula is C10H15ClN2S. The Hall–Kier alpha value is -0.280. The highest BCUT2D eigenvalue weighted by Gasteiger charge is 2.03. The topological polar surface area (TPSA) is 25.8 Å². The van der Waals surface area contributed by atoms with Crippen LogP contribution in [0.4, 0.5) is 0 Å². The number of aromatic nitrogens is 2. The normalized spacial score (nSPS) is 10.9. The van der Waals surface area contributed by atoms with Crippen LogP contribution in [0.25, 0.3) is 0 Å². The molecule has 0 saturated carbocycles. The Bertz CT molecular complexity index is 302. The van der Waals surface area contributed by atoms with Crippen molar-refractivity contribution in [2.75, 3.05) is 0 Å². The van der Waals surface area contributed by atoms with Gasteiger partial charge in [0, 0.05) is 5.69 Å². The molecule has 0 aliphatic carbocycles. The average Bonchev–Trinajstić information content (AvgIpc) is 2.14. The Kier molecular flexibility index (Phi) is 4.69. The van der Waals surface area contributed by atoms with E-state index in [2.05, 4.69) is 23.8 Å². The second kappa shape index (κ2) is 5.56. The number of thioether (sulfide) groups is 1. The minimum Gasteiger partial charge on any atom is -0.237 e. The lowest BCUT2D eigenvalue weighted by Crippen LogP contribution is -2.00. The molecule has 0 amide bonds. The van der Waals surface area contributed by atoms with E-state index in [1.54, 1.807) is 0 Å². The minimum absolute atomic E-state index is 0.461. The van der Waals surface area contributed by atoms with Gasteiger partial charge in [-0.2, -0.15) is 11.8 Å². The number of halogens is 1. The van der Waals surface area contributed by atoms with Gasteiger partial charge in [-0.15, -0.1) is 11.6 Å². The fourth-order valence-corrected chi connectivity index (χ4v) is 1.82. The van der Waals surface area contributed by atoms with E-state index in [-0.39, 0.29) is 0 Å². The van der Waals surface area contributed by atoms with Gasteiger partial charge in [-0.25, -0.2) is 9.97 Å². The van der Waals surface area contributed by atoms with Crippen molar-refractivity contribution in [3.63, 3.8) is 0 Å². The zero-order valence-corrected chi connectivity index (χ0v) is 10.3. The maximum absolute atomic E-state index is 5.74. The summed E-state index contributed by atoms with van der Waals surface area (Å²) in [4.78, 5) is 8.72. The van der Waals surface area contributed by atoms with Gasteiger partial charge in [0.15, 0.2) is 0 Å². The van der Waals surface area contributed by atoms with Crippen LogP contribution in [0.15, 0.2) is 6.07 Å². The Labute approximate surface area is 94.5 Å². The zero-order chi connectivity index (χ0) is 10.6. The van der Waals surface area contributed by atoms with Crippen molar-refractivity contribution in [1.29, 1.82) is 0 Å². The van der Waals surface area contributed by atoms with E-state index in [0.29, 0.717) is 11.1 Å². The van der Waals surface area contributed by atoms with Crippen LogP contribution in [-0.4, -0.2) is 15.2 Å². The number of aryl methyl sites for hydroxylation is 1. The largest absolute Gasteiger partial charge is 0.237 e. The summed E-state index contributed by atoms with van der Waals surface area (Å²) in [5.41, 5.74) is 1.91. The van der Waals surface area contributed by atoms with Gasteiger partial charge in [-0.3, -0.25) is 0 Å². The average molecular weight is 231 g/mol. The van der Waals surface area contributed by atoms with Crippen LogP contribution in [0.2, 0.25) is 0 Å². The van der Waals surface area contributed by atoms with Crippen LogP contribution in [0.3, 0.4) is 0 Å². The van der Waals surface area contributed by atoms with Crippen LogP contribution >= 0.6 is 23.4 Å². The summed E-state index contributed by atoms with van der Waals surface area (Å²) in [7, 11) is 0. The van der Waals surface area contributed by atoms with Crippen LogP contribution in [0.1, 0.15) is 31.1 Å². The molecule has 0 aliphatic heterocycles. The van der Waals surface area contributed by atoms with E-state index < -0.39 is 0 Å². The molecule has 0 atom stereocenters. The van der Waals surface area contributed by atoms with Crippen LogP contribution in [0.5, 0.6) is 0 Å². The Morgan fingerprint density at radius 2 is 2.14 bits per heavy atom. The number of alkyl halides is 1. The third-order valence-electron chi connectivity index (χ3n) is 1.64. The molecule has 78 valence electrons. The van der Waals surface area contributed by atoms with E-state index >= 15 is 0 Å². The first-order valence-electron chi connectivity index (χ1n) is 4.63. The van der Waals surface area contributed by atoms with Gasteiger partial charge < -0.3 is 0 Å². The van der Waals surface area contributed by atoms with Crippen molar-refractivity contribution in [1.82, 2.24) is 9.97 Å². The minimum atomic E-state index is 0.461. The third kappa shape index (κ3) is 3.84. The molecule has 1 aromatic rings. The summed E-state index contributed by atoms with van der Waals surface area (Å²) in [5.74, 6) is 2.21. The van der Waals surface area contributed by atoms with Crippen LogP contribution in [0, 0.1) is 6.92 Å². The standard InChI is InChI=1S/C10H15ClN2S/c1-7(2)14-6-10-12-8(3)4-9(5-11)13-10/h4,7H,5-6H2,1-3H3. The van der Waals surface area contributed by atoms with Crippen molar-refractivity contribution in [2.24, 2.45) is 0 Å². The van der Waals surface area contributed by atoms with E-state index in [1.807, 2.05) is 24.8 Å². The molecule has 0 aliphatic rings. The highest BCUT2D eigenvalue weighted by Crippen LogP contribution is 2.15. The molecule has 0 aromatic carbocycles. The van der Waals surface area contributed by atoms with E-state index in [0.717, 1.165) is 23.0 Å². The molecule has 0 bridgehead atoms. The lowest BCUT2D eigenvalue weighted by molar-refractivity contribution is 0.951. The summed E-state index contributed by atoms with van der Waals surface area (Å²) >= 11 is 7.58. The van der Waals surface area contributed by atoms with Gasteiger partial charge in [0.2, 0.25) is 0 Å². The third-order valence-corrected chi connectivity index (χ3v) is 3.00. The van der Waals surface area contributed by atoms with Gasteiger partial charge in [0.1, 0.15) is 5.82 Å². The molecule has 2 nitrogen and oxygen atoms in total. The summed E-state index contributed by atoms with van der Waals surface area (Å²) in [6.45, 7) is 6.31. The summed E-state index contributed by atoms with van der Waals surface area (Å²) in [6, 6.07) is 1.93. The highest BCUT2D eigenvalue weighted by molar-refractivity contribution is 7.99. The van der Waals surface area contributed by atoms with Gasteiger partial charge in [0.25, 0.3) is 0 Å². The summed E-state index contributed by atoms with van der Waals surface area (Å²) < 4.78 is 0. The molecule has 4 heteroatoms. The molecule has 0 saturated heterocycles. The van der Waals surface area contributed by atoms with E-state index in [9.17, 15) is 0 Å². The quantitative estimate of drug-likeness (QED) is 0.744. The summed E-state index contributed by atoms with van der Waals surface area (Å²) in [5, 5.41) is 0.610. The molecule has 1 aromatic heterocycles. The Balaban J connectivity index is 2.71. The second-order valence-electron chi connectivity index (χ2n) is 3.41. The first-order chi connectivity index (χ1) is 6.61. The monoisotopic (exact) mass is 230 g/mol. The van der Waals surface area contributed by atoms with Crippen molar-refractivity contribution in [3.8, 4) is 0 Å². The van der Waals surface area contributed by atoms with Gasteiger partial charge in [-0.1, -0.05) is 13.8 Å². The molecule has 1 rings (SSSR count). The fraction of sp³-hybridized carbons (Fsp3) is 0.600. The number of hydrogen-bond donors (Lipinski definition) is 0. The molecule has 0 unspecified atom stereocenters. The molecular weight excluding hydrogens is 216 g/mol. The lowest BCUT2D eigenvalue weighted by Gasteiger charge is -2.05. The van der Waals surface area contributed by atoms with Gasteiger partial charge >= 0.3 is 0 Å². The number of rotatable bonds is 4. The van der Waals surface area contributed by atoms with E-state index in [4.69, 9.17) is 11.6 Å². The zero-order valence-electron chi connectivity index (χ0n) is 8.75. The predicted octanol–water partition coefficient (Wildman–Crippen LogP) is 3.17. The Morgan fingerprint density at radius 3 is 2.71 bits per heavy atom. The lowest BCUT2D eigenvalue weighted by atomic mass is 10.3. The molecule has 14 heavy (non-hydrogen) atoms. The molecule has 0 radical (unpaired) electrons. The first-order valence-corrected chi connectivity index (χ1v) is 6.21.